The third kappa shape index (κ3) is 32.4. The molecule has 0 unspecified atom stereocenters. The minimum absolute atomic E-state index is 0.0479. The van der Waals surface area contributed by atoms with E-state index in [0.717, 1.165) is 91.4 Å². The Morgan fingerprint density at radius 1 is 0.422 bits per heavy atom. The van der Waals surface area contributed by atoms with Crippen LogP contribution in [0.4, 0.5) is 99.7 Å². The molecule has 109 heavy (non-hydrogen) atoms. The standard InChI is InChI=1S/C27H33FN6O2.C27H33N5O4.C26H29F2N5O4/c1-4-15-36-16-14-34(3)13-7-12-25(35)30-22-10-6-11-23(18-22)32-27-29-19-24(28)26(33-27)31-21-9-5-8-20(2)17-21;1-4-12-34-13-14-35-15-16-36-24-11-7-10-23(18-24)31-27-28-19-20(3)26(32-27)30-22-9-6-8-21(17-22)29-25(33)5-2;1-3-10-35-11-12-36-13-14-37-23-9-8-20(16-21(23)27)32-26-29-17-22(28)25(33-26)31-19-7-5-6-18(15-19)30-24(34)4-2/h5-12,17-19H,4,13-16H2,1-3H3,(H,30,35)(H2,29,31,32,33);5-11,17-19H,2,4,12-16H2,1,3H3,(H,29,33)(H2,28,30,31,32);4-9,15-17H,2-3,10-14H2,1H3,(H,30,34)(H2,29,31,32,33)/b12-7+;;. The Morgan fingerprint density at radius 3 is 1.33 bits per heavy atom. The highest BCUT2D eigenvalue weighted by atomic mass is 19.1. The topological polar surface area (TPSA) is 305 Å². The molecule has 0 bridgehead atoms. The summed E-state index contributed by atoms with van der Waals surface area (Å²) in [6.07, 6.45) is 12.5. The molecule has 0 saturated heterocycles. The lowest BCUT2D eigenvalue weighted by Gasteiger charge is -2.14. The molecule has 9 N–H and O–H groups in total. The third-order valence-corrected chi connectivity index (χ3v) is 14.6. The normalized spacial score (nSPS) is 10.7. The first-order valence-corrected chi connectivity index (χ1v) is 35.4. The molecule has 0 spiro atoms. The number of hydrogen-bond acceptors (Lipinski definition) is 23. The molecule has 576 valence electrons. The van der Waals surface area contributed by atoms with Gasteiger partial charge in [0.15, 0.2) is 34.8 Å². The number of nitrogens with zero attached hydrogens (tertiary/aromatic N) is 7. The number of aromatic nitrogens is 6. The Labute approximate surface area is 633 Å². The maximum absolute atomic E-state index is 14.5. The smallest absolute Gasteiger partial charge is 0.248 e. The van der Waals surface area contributed by atoms with E-state index in [1.165, 1.54) is 24.3 Å². The molecule has 3 aromatic heterocycles. The summed E-state index contributed by atoms with van der Waals surface area (Å²) in [6.45, 7) is 24.8. The molecule has 0 radical (unpaired) electrons. The second kappa shape index (κ2) is 47.6. The van der Waals surface area contributed by atoms with Crippen molar-refractivity contribution in [2.75, 3.05) is 147 Å². The molecule has 3 heterocycles. The largest absolute Gasteiger partial charge is 0.491 e. The van der Waals surface area contributed by atoms with Crippen LogP contribution < -0.4 is 57.3 Å². The number of likely N-dealkylation sites (N-methyl/N-ethyl adjacent to an activating group) is 1. The summed E-state index contributed by atoms with van der Waals surface area (Å²) in [4.78, 5) is 62.8. The average Bonchev–Trinajstić information content (AvgIpc) is 0.848. The molecule has 0 atom stereocenters. The molecular weight excluding hydrogens is 1400 g/mol. The number of carbonyl (C=O) groups excluding carboxylic acids is 3. The van der Waals surface area contributed by atoms with Crippen LogP contribution in [0.3, 0.4) is 0 Å². The van der Waals surface area contributed by atoms with Gasteiger partial charge >= 0.3 is 0 Å². The van der Waals surface area contributed by atoms with Crippen LogP contribution in [0.1, 0.15) is 51.2 Å². The fourth-order valence-electron chi connectivity index (χ4n) is 9.39. The molecule has 3 amide bonds. The SMILES string of the molecule is C=CC(=O)Nc1cccc(Nc2nc(Nc3ccc(OCCOCCOCCC)c(F)c3)ncc2F)c1.C=CC(=O)Nc1cccc(Nc2nc(Nc3cccc(OCCOCCOCCC)c3)ncc2C)c1.CCCOCCN(C)C/C=C/C(=O)Nc1cccc(Nc2ncc(F)c(Nc3cccc(C)c3)n2)c1. The van der Waals surface area contributed by atoms with Gasteiger partial charge in [-0.25, -0.2) is 28.1 Å². The van der Waals surface area contributed by atoms with Crippen LogP contribution in [0.2, 0.25) is 0 Å². The zero-order valence-corrected chi connectivity index (χ0v) is 62.1. The van der Waals surface area contributed by atoms with Crippen molar-refractivity contribution < 1.29 is 60.7 Å². The summed E-state index contributed by atoms with van der Waals surface area (Å²) < 4.78 is 81.3. The van der Waals surface area contributed by atoms with E-state index in [-0.39, 0.29) is 53.6 Å². The van der Waals surface area contributed by atoms with Gasteiger partial charge in [0, 0.05) is 114 Å². The van der Waals surface area contributed by atoms with Crippen LogP contribution in [0.25, 0.3) is 0 Å². The molecule has 26 nitrogen and oxygen atoms in total. The summed E-state index contributed by atoms with van der Waals surface area (Å²) in [6, 6.07) is 40.6. The highest BCUT2D eigenvalue weighted by molar-refractivity contribution is 6.00. The zero-order valence-electron chi connectivity index (χ0n) is 62.1. The van der Waals surface area contributed by atoms with Gasteiger partial charge in [-0.1, -0.05) is 76.4 Å². The fraction of sp³-hybridized carbons (Fsp3) is 0.287. The lowest BCUT2D eigenvalue weighted by Crippen LogP contribution is -2.23. The lowest BCUT2D eigenvalue weighted by atomic mass is 10.2. The highest BCUT2D eigenvalue weighted by Crippen LogP contribution is 2.29. The highest BCUT2D eigenvalue weighted by Gasteiger charge is 2.14. The molecule has 0 saturated carbocycles. The average molecular weight is 1500 g/mol. The van der Waals surface area contributed by atoms with Gasteiger partial charge < -0.3 is 85.9 Å². The van der Waals surface area contributed by atoms with Crippen molar-refractivity contribution in [1.29, 1.82) is 0 Å². The van der Waals surface area contributed by atoms with E-state index in [4.69, 9.17) is 33.2 Å². The Hall–Kier alpha value is -11.9. The van der Waals surface area contributed by atoms with Gasteiger partial charge in [-0.2, -0.15) is 15.0 Å². The van der Waals surface area contributed by atoms with Gasteiger partial charge in [0.2, 0.25) is 35.6 Å². The van der Waals surface area contributed by atoms with E-state index in [1.807, 2.05) is 101 Å². The molecule has 29 heteroatoms. The number of hydrogen-bond donors (Lipinski definition) is 9. The second-order valence-electron chi connectivity index (χ2n) is 23.8. The number of aryl methyl sites for hydroxylation is 2. The van der Waals surface area contributed by atoms with Crippen molar-refractivity contribution in [3.05, 3.63) is 224 Å². The molecule has 6 aromatic carbocycles. The Morgan fingerprint density at radius 2 is 0.826 bits per heavy atom. The molecule has 9 rings (SSSR count). The van der Waals surface area contributed by atoms with Crippen LogP contribution in [0, 0.1) is 31.3 Å². The number of halogens is 3. The van der Waals surface area contributed by atoms with Gasteiger partial charge in [-0.3, -0.25) is 14.4 Å². The third-order valence-electron chi connectivity index (χ3n) is 14.6. The molecule has 0 aliphatic rings. The first kappa shape index (κ1) is 84.4. The second-order valence-corrected chi connectivity index (χ2v) is 23.8. The van der Waals surface area contributed by atoms with E-state index in [0.29, 0.717) is 112 Å². The summed E-state index contributed by atoms with van der Waals surface area (Å²) in [5.74, 6) is -0.618. The van der Waals surface area contributed by atoms with E-state index >= 15 is 0 Å². The number of ether oxygens (including phenoxy) is 7. The molecule has 0 aliphatic heterocycles. The fourth-order valence-corrected chi connectivity index (χ4v) is 9.39. The lowest BCUT2D eigenvalue weighted by molar-refractivity contribution is -0.112. The van der Waals surface area contributed by atoms with E-state index in [9.17, 15) is 27.6 Å². The van der Waals surface area contributed by atoms with Crippen LogP contribution in [0.5, 0.6) is 11.5 Å². The summed E-state index contributed by atoms with van der Waals surface area (Å²) in [7, 11) is 1.98. The summed E-state index contributed by atoms with van der Waals surface area (Å²) in [5.41, 5.74) is 7.46. The van der Waals surface area contributed by atoms with E-state index < -0.39 is 17.5 Å². The molecule has 0 fully saturated rings. The van der Waals surface area contributed by atoms with Gasteiger partial charge in [0.05, 0.1) is 58.6 Å². The minimum atomic E-state index is -0.694. The Balaban J connectivity index is 0.000000228. The first-order valence-electron chi connectivity index (χ1n) is 35.4. The maximum Gasteiger partial charge on any atom is 0.248 e. The maximum atomic E-state index is 14.5. The number of rotatable bonds is 43. The summed E-state index contributed by atoms with van der Waals surface area (Å²) >= 11 is 0. The number of carbonyl (C=O) groups is 3. The van der Waals surface area contributed by atoms with Crippen LogP contribution >= 0.6 is 0 Å². The predicted molar refractivity (Wildman–Crippen MR) is 423 cm³/mol. The van der Waals surface area contributed by atoms with Crippen molar-refractivity contribution in [3.8, 4) is 11.5 Å². The first-order chi connectivity index (χ1) is 53.0. The van der Waals surface area contributed by atoms with Crippen molar-refractivity contribution in [3.63, 3.8) is 0 Å². The molecule has 9 aromatic rings. The number of benzene rings is 6. The van der Waals surface area contributed by atoms with Crippen LogP contribution in [0.15, 0.2) is 196 Å². The number of anilines is 15. The van der Waals surface area contributed by atoms with E-state index in [1.54, 1.807) is 66.9 Å². The minimum Gasteiger partial charge on any atom is -0.491 e. The van der Waals surface area contributed by atoms with Gasteiger partial charge in [0.1, 0.15) is 24.8 Å². The van der Waals surface area contributed by atoms with Gasteiger partial charge in [0.25, 0.3) is 0 Å². The van der Waals surface area contributed by atoms with Crippen LogP contribution in [-0.4, -0.2) is 152 Å². The Kier molecular flexibility index (Phi) is 36.9. The van der Waals surface area contributed by atoms with Gasteiger partial charge in [-0.15, -0.1) is 0 Å². The monoisotopic (exact) mass is 1500 g/mol. The zero-order chi connectivity index (χ0) is 77.8. The van der Waals surface area contributed by atoms with Crippen molar-refractivity contribution in [2.24, 2.45) is 0 Å². The van der Waals surface area contributed by atoms with Crippen LogP contribution in [-0.2, 0) is 38.1 Å². The van der Waals surface area contributed by atoms with Crippen molar-refractivity contribution >= 4 is 104 Å². The predicted octanol–water partition coefficient (Wildman–Crippen LogP) is 15.7. The van der Waals surface area contributed by atoms with Gasteiger partial charge in [-0.05, 0) is 149 Å². The Bertz CT molecular complexity index is 4370. The molecular formula is C80H95F3N16O10. The quantitative estimate of drug-likeness (QED) is 0.0127. The molecule has 0 aliphatic carbocycles. The van der Waals surface area contributed by atoms with E-state index in [2.05, 4.69) is 110 Å². The van der Waals surface area contributed by atoms with Crippen molar-refractivity contribution in [1.82, 2.24) is 34.8 Å². The van der Waals surface area contributed by atoms with Crippen molar-refractivity contribution in [2.45, 2.75) is 53.9 Å². The number of nitrogens with one attached hydrogen (secondary N) is 9. The number of amides is 3. The summed E-state index contributed by atoms with van der Waals surface area (Å²) in [5, 5.41) is 26.4.